The molecule has 0 amide bonds. The quantitative estimate of drug-likeness (QED) is 0.777. The number of rotatable bonds is 0. The molecule has 1 aromatic rings. The van der Waals surface area contributed by atoms with Crippen LogP contribution in [0, 0.1) is 0 Å². The average Bonchev–Trinajstić information content (AvgIpc) is 2.22. The summed E-state index contributed by atoms with van der Waals surface area (Å²) in [7, 11) is -2.54. The molecule has 1 aliphatic heterocycles. The number of benzene rings is 1. The highest BCUT2D eigenvalue weighted by atomic mass is 32.2. The van der Waals surface area contributed by atoms with Gasteiger partial charge in [0.2, 0.25) is 10.0 Å². The lowest BCUT2D eigenvalue weighted by molar-refractivity contribution is -0.137. The zero-order valence-electron chi connectivity index (χ0n) is 8.75. The fourth-order valence-corrected chi connectivity index (χ4v) is 2.77. The van der Waals surface area contributed by atoms with Crippen LogP contribution in [0.5, 0.6) is 0 Å². The van der Waals surface area contributed by atoms with Crippen LogP contribution in [-0.4, -0.2) is 26.4 Å². The molecule has 8 heteroatoms. The van der Waals surface area contributed by atoms with Crippen LogP contribution in [0.1, 0.15) is 5.56 Å². The van der Waals surface area contributed by atoms with Gasteiger partial charge < -0.3 is 5.32 Å². The Morgan fingerprint density at radius 1 is 1.35 bits per heavy atom. The number of alkyl halides is 3. The van der Waals surface area contributed by atoms with E-state index in [2.05, 4.69) is 5.32 Å². The van der Waals surface area contributed by atoms with Gasteiger partial charge in [0.05, 0.1) is 17.9 Å². The van der Waals surface area contributed by atoms with E-state index in [1.54, 1.807) is 0 Å². The van der Waals surface area contributed by atoms with Crippen LogP contribution in [0.2, 0.25) is 0 Å². The van der Waals surface area contributed by atoms with E-state index >= 15 is 0 Å². The van der Waals surface area contributed by atoms with Crippen molar-refractivity contribution in [3.05, 3.63) is 23.8 Å². The third-order valence-electron chi connectivity index (χ3n) is 2.49. The molecule has 4 nitrogen and oxygen atoms in total. The Balaban J connectivity index is 2.62. The summed E-state index contributed by atoms with van der Waals surface area (Å²) >= 11 is 0. The molecule has 1 N–H and O–H groups in total. The molecule has 1 heterocycles. The molecule has 0 spiro atoms. The second-order valence-corrected chi connectivity index (χ2v) is 5.66. The van der Waals surface area contributed by atoms with Crippen molar-refractivity contribution in [1.82, 2.24) is 4.31 Å². The molecule has 2 rings (SSSR count). The zero-order valence-corrected chi connectivity index (χ0v) is 9.56. The fraction of sp³-hybridized carbons (Fsp3) is 0.333. The van der Waals surface area contributed by atoms with Crippen LogP contribution < -0.4 is 5.32 Å². The van der Waals surface area contributed by atoms with Crippen molar-refractivity contribution >= 4 is 15.7 Å². The van der Waals surface area contributed by atoms with E-state index in [1.807, 2.05) is 0 Å². The summed E-state index contributed by atoms with van der Waals surface area (Å²) in [4.78, 5) is -0.346. The number of hydrogen-bond acceptors (Lipinski definition) is 3. The zero-order chi connectivity index (χ0) is 12.8. The molecule has 1 aliphatic rings. The van der Waals surface area contributed by atoms with Crippen LogP contribution in [-0.2, 0) is 16.2 Å². The number of nitrogens with one attached hydrogen (secondary N) is 1. The highest BCUT2D eigenvalue weighted by molar-refractivity contribution is 7.89. The van der Waals surface area contributed by atoms with Gasteiger partial charge >= 0.3 is 6.18 Å². The lowest BCUT2D eigenvalue weighted by atomic mass is 10.2. The molecule has 0 aliphatic carbocycles. The minimum Gasteiger partial charge on any atom is -0.370 e. The van der Waals surface area contributed by atoms with Crippen molar-refractivity contribution < 1.29 is 21.6 Å². The predicted molar refractivity (Wildman–Crippen MR) is 54.9 cm³/mol. The van der Waals surface area contributed by atoms with Gasteiger partial charge in [-0.2, -0.15) is 17.5 Å². The molecule has 0 fully saturated rings. The summed E-state index contributed by atoms with van der Waals surface area (Å²) in [6.07, 6.45) is -4.55. The molecular weight excluding hydrogens is 257 g/mol. The van der Waals surface area contributed by atoms with E-state index in [0.29, 0.717) is 6.07 Å². The van der Waals surface area contributed by atoms with Crippen molar-refractivity contribution in [3.8, 4) is 0 Å². The van der Waals surface area contributed by atoms with Gasteiger partial charge in [-0.3, -0.25) is 0 Å². The molecule has 0 aromatic heterocycles. The first-order valence-corrected chi connectivity index (χ1v) is 6.08. The molecule has 17 heavy (non-hydrogen) atoms. The second-order valence-electron chi connectivity index (χ2n) is 3.65. The van der Waals surface area contributed by atoms with Crippen LogP contribution in [0.4, 0.5) is 18.9 Å². The van der Waals surface area contributed by atoms with E-state index in [9.17, 15) is 21.6 Å². The van der Waals surface area contributed by atoms with Gasteiger partial charge in [0.15, 0.2) is 0 Å². The largest absolute Gasteiger partial charge is 0.416 e. The van der Waals surface area contributed by atoms with E-state index in [0.717, 1.165) is 16.4 Å². The van der Waals surface area contributed by atoms with E-state index < -0.39 is 21.8 Å². The van der Waals surface area contributed by atoms with E-state index in [1.165, 1.54) is 7.05 Å². The molecule has 0 atom stereocenters. The molecule has 0 radical (unpaired) electrons. The van der Waals surface area contributed by atoms with Crippen molar-refractivity contribution in [2.24, 2.45) is 0 Å². The monoisotopic (exact) mass is 266 g/mol. The minimum absolute atomic E-state index is 0.0424. The standard InChI is InChI=1S/C9H9F3N2O2S/c1-14-5-13-7-3-2-6(9(10,11)12)4-8(7)17(14,15)16/h2-4,13H,5H2,1H3. The maximum atomic E-state index is 12.5. The summed E-state index contributed by atoms with van der Waals surface area (Å²) in [5, 5.41) is 2.73. The van der Waals surface area contributed by atoms with Crippen molar-refractivity contribution in [1.29, 1.82) is 0 Å². The highest BCUT2D eigenvalue weighted by Gasteiger charge is 2.35. The summed E-state index contributed by atoms with van der Waals surface area (Å²) in [5.74, 6) is 0. The maximum Gasteiger partial charge on any atom is 0.416 e. The van der Waals surface area contributed by atoms with Gasteiger partial charge in [-0.15, -0.1) is 0 Å². The summed E-state index contributed by atoms with van der Waals surface area (Å²) in [6, 6.07) is 2.63. The fourth-order valence-electron chi connectivity index (χ4n) is 1.51. The van der Waals surface area contributed by atoms with E-state index in [4.69, 9.17) is 0 Å². The molecule has 0 saturated carbocycles. The lowest BCUT2D eigenvalue weighted by Crippen LogP contribution is -2.36. The molecule has 0 unspecified atom stereocenters. The Hall–Kier alpha value is -1.28. The Morgan fingerprint density at radius 3 is 2.59 bits per heavy atom. The second kappa shape index (κ2) is 3.61. The number of hydrogen-bond donors (Lipinski definition) is 1. The van der Waals surface area contributed by atoms with Crippen molar-refractivity contribution in [2.45, 2.75) is 11.1 Å². The Morgan fingerprint density at radius 2 is 2.00 bits per heavy atom. The number of anilines is 1. The first-order chi connectivity index (χ1) is 7.73. The van der Waals surface area contributed by atoms with Gasteiger partial charge in [0.1, 0.15) is 4.90 Å². The summed E-state index contributed by atoms with van der Waals surface area (Å²) in [5.41, 5.74) is -0.784. The Bertz CT molecular complexity index is 554. The maximum absolute atomic E-state index is 12.5. The van der Waals surface area contributed by atoms with Crippen LogP contribution in [0.3, 0.4) is 0 Å². The van der Waals surface area contributed by atoms with Gasteiger partial charge in [0.25, 0.3) is 0 Å². The van der Waals surface area contributed by atoms with E-state index in [-0.39, 0.29) is 17.3 Å². The summed E-state index contributed by atoms with van der Waals surface area (Å²) < 4.78 is 62.0. The summed E-state index contributed by atoms with van der Waals surface area (Å²) in [6.45, 7) is 0.0424. The molecule has 1 aromatic carbocycles. The van der Waals surface area contributed by atoms with Crippen molar-refractivity contribution in [3.63, 3.8) is 0 Å². The molecule has 0 bridgehead atoms. The number of fused-ring (bicyclic) bond motifs is 1. The average molecular weight is 266 g/mol. The van der Waals surface area contributed by atoms with Gasteiger partial charge in [-0.25, -0.2) is 8.42 Å². The van der Waals surface area contributed by atoms with Gasteiger partial charge in [-0.05, 0) is 18.2 Å². The highest BCUT2D eigenvalue weighted by Crippen LogP contribution is 2.35. The topological polar surface area (TPSA) is 49.4 Å². The normalized spacial score (nSPS) is 19.5. The number of halogens is 3. The molecular formula is C9H9F3N2O2S. The molecule has 0 saturated heterocycles. The first-order valence-electron chi connectivity index (χ1n) is 4.64. The Labute approximate surface area is 96.1 Å². The SMILES string of the molecule is CN1CNc2ccc(C(F)(F)F)cc2S1(=O)=O. The molecule has 94 valence electrons. The van der Waals surface area contributed by atoms with Gasteiger partial charge in [-0.1, -0.05) is 0 Å². The lowest BCUT2D eigenvalue weighted by Gasteiger charge is -2.26. The first kappa shape index (κ1) is 12.2. The number of nitrogens with zero attached hydrogens (tertiary/aromatic N) is 1. The van der Waals surface area contributed by atoms with Gasteiger partial charge in [0, 0.05) is 7.05 Å². The predicted octanol–water partition coefficient (Wildman–Crippen LogP) is 1.71. The smallest absolute Gasteiger partial charge is 0.370 e. The minimum atomic E-state index is -4.55. The third-order valence-corrected chi connectivity index (χ3v) is 4.33. The third kappa shape index (κ3) is 1.98. The van der Waals surface area contributed by atoms with Crippen LogP contribution >= 0.6 is 0 Å². The Kier molecular flexibility index (Phi) is 2.58. The van der Waals surface area contributed by atoms with Crippen molar-refractivity contribution in [2.75, 3.05) is 19.0 Å². The van der Waals surface area contributed by atoms with Crippen LogP contribution in [0.25, 0.3) is 0 Å². The van der Waals surface area contributed by atoms with Crippen LogP contribution in [0.15, 0.2) is 23.1 Å². The number of sulfonamides is 1.